The third-order valence-corrected chi connectivity index (χ3v) is 7.77. The molecule has 4 aromatic carbocycles. The molecule has 1 fully saturated rings. The largest absolute Gasteiger partial charge is 0.481 e. The van der Waals surface area contributed by atoms with Crippen LogP contribution < -0.4 is 20.3 Å². The summed E-state index contributed by atoms with van der Waals surface area (Å²) in [7, 11) is 0. The van der Waals surface area contributed by atoms with Crippen molar-refractivity contribution in [3.63, 3.8) is 0 Å². The Bertz CT molecular complexity index is 1550. The van der Waals surface area contributed by atoms with E-state index in [0.717, 1.165) is 11.3 Å². The zero-order valence-electron chi connectivity index (χ0n) is 24.6. The first kappa shape index (κ1) is 30.4. The van der Waals surface area contributed by atoms with Crippen molar-refractivity contribution in [3.05, 3.63) is 120 Å². The molecule has 1 aliphatic carbocycles. The van der Waals surface area contributed by atoms with Gasteiger partial charge >= 0.3 is 12.0 Å². The quantitative estimate of drug-likeness (QED) is 0.164. The van der Waals surface area contributed by atoms with Crippen LogP contribution in [0.25, 0.3) is 0 Å². The Hall–Kier alpha value is -5.11. The highest BCUT2D eigenvalue weighted by Crippen LogP contribution is 2.34. The Morgan fingerprint density at radius 3 is 2.20 bits per heavy atom. The van der Waals surface area contributed by atoms with Crippen LogP contribution in [-0.2, 0) is 11.3 Å². The lowest BCUT2D eigenvalue weighted by atomic mass is 9.84. The van der Waals surface area contributed by atoms with E-state index in [2.05, 4.69) is 22.8 Å². The number of benzene rings is 4. The zero-order valence-corrected chi connectivity index (χ0v) is 24.6. The molecule has 3 amide bonds. The van der Waals surface area contributed by atoms with E-state index in [-0.39, 0.29) is 31.4 Å². The summed E-state index contributed by atoms with van der Waals surface area (Å²) in [5, 5.41) is 14.4. The van der Waals surface area contributed by atoms with Gasteiger partial charge in [-0.2, -0.15) is 0 Å². The number of aliphatic carboxylic acids is 1. The zero-order chi connectivity index (χ0) is 30.7. The van der Waals surface area contributed by atoms with E-state index in [1.165, 1.54) is 37.7 Å². The van der Waals surface area contributed by atoms with E-state index in [1.807, 2.05) is 60.7 Å². The maximum Gasteiger partial charge on any atom is 0.326 e. The van der Waals surface area contributed by atoms with Crippen LogP contribution in [-0.4, -0.2) is 29.6 Å². The maximum atomic E-state index is 13.8. The van der Waals surface area contributed by atoms with Gasteiger partial charge in [0.25, 0.3) is 5.91 Å². The number of anilines is 2. The number of amides is 3. The number of carbonyl (C=O) groups is 3. The van der Waals surface area contributed by atoms with Crippen LogP contribution in [0.2, 0.25) is 0 Å². The van der Waals surface area contributed by atoms with E-state index in [0.29, 0.717) is 28.7 Å². The number of carboxylic acids is 1. The van der Waals surface area contributed by atoms with Crippen molar-refractivity contribution in [2.75, 3.05) is 16.8 Å². The maximum absolute atomic E-state index is 13.8. The predicted molar refractivity (Wildman–Crippen MR) is 171 cm³/mol. The minimum absolute atomic E-state index is 0.0539. The first-order chi connectivity index (χ1) is 21.4. The summed E-state index contributed by atoms with van der Waals surface area (Å²) < 4.78 is 5.95. The van der Waals surface area contributed by atoms with Gasteiger partial charge in [0.05, 0.1) is 13.0 Å². The molecule has 0 bridgehead atoms. The lowest BCUT2D eigenvalue weighted by molar-refractivity contribution is -0.136. The Balaban J connectivity index is 1.33. The number of nitrogens with zero attached hydrogens (tertiary/aromatic N) is 1. The molecule has 0 saturated heterocycles. The lowest BCUT2D eigenvalue weighted by Gasteiger charge is -2.26. The van der Waals surface area contributed by atoms with E-state index in [1.54, 1.807) is 35.2 Å². The minimum Gasteiger partial charge on any atom is -0.481 e. The first-order valence-corrected chi connectivity index (χ1v) is 15.0. The Kier molecular flexibility index (Phi) is 10.3. The van der Waals surface area contributed by atoms with Crippen LogP contribution in [0.1, 0.15) is 65.9 Å². The normalized spacial score (nSPS) is 13.1. The van der Waals surface area contributed by atoms with Gasteiger partial charge in [-0.3, -0.25) is 14.5 Å². The molecular formula is C36H37N3O5. The van der Waals surface area contributed by atoms with Crippen LogP contribution in [0, 0.1) is 0 Å². The van der Waals surface area contributed by atoms with Crippen molar-refractivity contribution >= 4 is 29.3 Å². The molecular weight excluding hydrogens is 554 g/mol. The molecule has 1 saturated carbocycles. The topological polar surface area (TPSA) is 108 Å². The molecule has 0 atom stereocenters. The van der Waals surface area contributed by atoms with Crippen LogP contribution in [0.3, 0.4) is 0 Å². The SMILES string of the molecule is O=C(O)CCNC(=O)c1ccc(CN(C(=O)Nc2cccc(Oc3ccccc3)c2)c2ccc(C3CCCCC3)cc2)cc1. The fraction of sp³-hybridized carbons (Fsp3) is 0.250. The second kappa shape index (κ2) is 14.9. The average molecular weight is 592 g/mol. The smallest absolute Gasteiger partial charge is 0.326 e. The summed E-state index contributed by atoms with van der Waals surface area (Å²) in [6, 6.07) is 31.7. The van der Waals surface area contributed by atoms with Gasteiger partial charge in [-0.1, -0.05) is 67.8 Å². The molecule has 44 heavy (non-hydrogen) atoms. The number of carbonyl (C=O) groups excluding carboxylic acids is 2. The number of para-hydroxylation sites is 1. The highest BCUT2D eigenvalue weighted by atomic mass is 16.5. The number of ether oxygens (including phenoxy) is 1. The van der Waals surface area contributed by atoms with Crippen molar-refractivity contribution in [2.45, 2.75) is 51.0 Å². The number of hydrogen-bond acceptors (Lipinski definition) is 4. The van der Waals surface area contributed by atoms with Gasteiger partial charge in [0.1, 0.15) is 11.5 Å². The van der Waals surface area contributed by atoms with Crippen molar-refractivity contribution in [3.8, 4) is 11.5 Å². The Morgan fingerprint density at radius 2 is 1.50 bits per heavy atom. The number of urea groups is 1. The average Bonchev–Trinajstić information content (AvgIpc) is 3.05. The highest BCUT2D eigenvalue weighted by molar-refractivity contribution is 6.02. The highest BCUT2D eigenvalue weighted by Gasteiger charge is 2.20. The van der Waals surface area contributed by atoms with Crippen LogP contribution in [0.5, 0.6) is 11.5 Å². The predicted octanol–water partition coefficient (Wildman–Crippen LogP) is 7.97. The molecule has 3 N–H and O–H groups in total. The number of hydrogen-bond donors (Lipinski definition) is 3. The summed E-state index contributed by atoms with van der Waals surface area (Å²) >= 11 is 0. The number of rotatable bonds is 11. The fourth-order valence-corrected chi connectivity index (χ4v) is 5.42. The van der Waals surface area contributed by atoms with Crippen molar-refractivity contribution in [2.24, 2.45) is 0 Å². The first-order valence-electron chi connectivity index (χ1n) is 15.0. The molecule has 0 aliphatic heterocycles. The fourth-order valence-electron chi connectivity index (χ4n) is 5.42. The molecule has 8 heteroatoms. The Labute approximate surface area is 257 Å². The van der Waals surface area contributed by atoms with Crippen molar-refractivity contribution in [1.29, 1.82) is 0 Å². The standard InChI is InChI=1S/C36H37N3O5/c40-34(41)22-23-37-35(42)29-16-14-26(15-17-29)25-39(31-20-18-28(19-21-31)27-8-3-1-4-9-27)36(43)38-30-10-7-13-33(24-30)44-32-11-5-2-6-12-32/h2,5-7,10-21,24,27H,1,3-4,8-9,22-23,25H2,(H,37,42)(H,38,43)(H,40,41). The summed E-state index contributed by atoms with van der Waals surface area (Å²) in [5.74, 6) is 0.551. The molecule has 4 aromatic rings. The van der Waals surface area contributed by atoms with Crippen LogP contribution in [0.4, 0.5) is 16.2 Å². The lowest BCUT2D eigenvalue weighted by Crippen LogP contribution is -2.34. The number of carboxylic acid groups (broad SMARTS) is 1. The molecule has 0 spiro atoms. The van der Waals surface area contributed by atoms with Gasteiger partial charge in [0, 0.05) is 29.5 Å². The number of nitrogens with one attached hydrogen (secondary N) is 2. The van der Waals surface area contributed by atoms with E-state index in [4.69, 9.17) is 9.84 Å². The summed E-state index contributed by atoms with van der Waals surface area (Å²) in [6.07, 6.45) is 6.04. The second-order valence-corrected chi connectivity index (χ2v) is 11.0. The Morgan fingerprint density at radius 1 is 0.795 bits per heavy atom. The van der Waals surface area contributed by atoms with Gasteiger partial charge in [-0.15, -0.1) is 0 Å². The molecule has 0 radical (unpaired) electrons. The van der Waals surface area contributed by atoms with Crippen LogP contribution in [0.15, 0.2) is 103 Å². The van der Waals surface area contributed by atoms with Crippen molar-refractivity contribution in [1.82, 2.24) is 5.32 Å². The van der Waals surface area contributed by atoms with Gasteiger partial charge < -0.3 is 20.5 Å². The molecule has 8 nitrogen and oxygen atoms in total. The summed E-state index contributed by atoms with van der Waals surface area (Å²) in [4.78, 5) is 38.6. The van der Waals surface area contributed by atoms with E-state index >= 15 is 0 Å². The van der Waals surface area contributed by atoms with Gasteiger partial charge in [0.2, 0.25) is 0 Å². The molecule has 1 aliphatic rings. The molecule has 5 rings (SSSR count). The summed E-state index contributed by atoms with van der Waals surface area (Å²) in [6.45, 7) is 0.327. The van der Waals surface area contributed by atoms with Crippen LogP contribution >= 0.6 is 0 Å². The third kappa shape index (κ3) is 8.47. The molecule has 0 aromatic heterocycles. The summed E-state index contributed by atoms with van der Waals surface area (Å²) in [5.41, 5.74) is 3.91. The third-order valence-electron chi connectivity index (χ3n) is 7.77. The minimum atomic E-state index is -0.971. The molecule has 0 unspecified atom stereocenters. The van der Waals surface area contributed by atoms with Gasteiger partial charge in [-0.05, 0) is 78.4 Å². The molecule has 226 valence electrons. The van der Waals surface area contributed by atoms with Gasteiger partial charge in [-0.25, -0.2) is 4.79 Å². The van der Waals surface area contributed by atoms with Gasteiger partial charge in [0.15, 0.2) is 0 Å². The van der Waals surface area contributed by atoms with E-state index < -0.39 is 5.97 Å². The second-order valence-electron chi connectivity index (χ2n) is 11.0. The van der Waals surface area contributed by atoms with E-state index in [9.17, 15) is 14.4 Å². The van der Waals surface area contributed by atoms with Crippen molar-refractivity contribution < 1.29 is 24.2 Å². The molecule has 0 heterocycles. The monoisotopic (exact) mass is 591 g/mol.